The molecule has 20 heavy (non-hydrogen) atoms. The maximum absolute atomic E-state index is 12.3. The van der Waals surface area contributed by atoms with Crippen LogP contribution in [-0.4, -0.2) is 28.0 Å². The fourth-order valence-corrected chi connectivity index (χ4v) is 2.51. The molecule has 1 amide bonds. The van der Waals surface area contributed by atoms with E-state index in [2.05, 4.69) is 5.32 Å². The van der Waals surface area contributed by atoms with Crippen LogP contribution >= 0.6 is 0 Å². The summed E-state index contributed by atoms with van der Waals surface area (Å²) in [4.78, 5) is 22.7. The van der Waals surface area contributed by atoms with Gasteiger partial charge >= 0.3 is 0 Å². The number of nitro groups is 1. The third kappa shape index (κ3) is 2.53. The molecular formula is C13H18N4O3. The number of nitrogens with zero attached hydrogens (tertiary/aromatic N) is 2. The molecule has 1 atom stereocenters. The predicted octanol–water partition coefficient (Wildman–Crippen LogP) is 1.20. The van der Waals surface area contributed by atoms with Crippen molar-refractivity contribution in [2.24, 2.45) is 11.7 Å². The van der Waals surface area contributed by atoms with Crippen LogP contribution in [0, 0.1) is 16.0 Å². The molecule has 2 fully saturated rings. The van der Waals surface area contributed by atoms with E-state index in [1.807, 2.05) is 0 Å². The van der Waals surface area contributed by atoms with Crippen molar-refractivity contribution in [1.29, 1.82) is 0 Å². The van der Waals surface area contributed by atoms with Crippen molar-refractivity contribution < 1.29 is 9.72 Å². The summed E-state index contributed by atoms with van der Waals surface area (Å²) in [7, 11) is 0. The summed E-state index contributed by atoms with van der Waals surface area (Å²) in [6, 6.07) is 1.56. The number of aromatic nitrogens is 1. The van der Waals surface area contributed by atoms with E-state index >= 15 is 0 Å². The van der Waals surface area contributed by atoms with Crippen molar-refractivity contribution >= 4 is 11.6 Å². The Balaban J connectivity index is 1.80. The molecule has 3 N–H and O–H groups in total. The molecular weight excluding hydrogens is 260 g/mol. The molecule has 0 saturated heterocycles. The molecule has 1 unspecified atom stereocenters. The molecule has 108 valence electrons. The Kier molecular flexibility index (Phi) is 3.21. The Morgan fingerprint density at radius 2 is 2.20 bits per heavy atom. The number of carbonyl (C=O) groups excluding carboxylic acids is 1. The van der Waals surface area contributed by atoms with Crippen molar-refractivity contribution in [1.82, 2.24) is 9.88 Å². The Labute approximate surface area is 116 Å². The van der Waals surface area contributed by atoms with Crippen LogP contribution in [-0.2, 0) is 0 Å². The second-order valence-electron chi connectivity index (χ2n) is 5.63. The smallest absolute Gasteiger partial charge is 0.287 e. The van der Waals surface area contributed by atoms with Crippen molar-refractivity contribution in [3.8, 4) is 0 Å². The van der Waals surface area contributed by atoms with Crippen molar-refractivity contribution in [2.45, 2.75) is 37.8 Å². The van der Waals surface area contributed by atoms with Gasteiger partial charge in [0.2, 0.25) is 0 Å². The van der Waals surface area contributed by atoms with Gasteiger partial charge in [-0.2, -0.15) is 0 Å². The van der Waals surface area contributed by atoms with Gasteiger partial charge in [0.15, 0.2) is 0 Å². The molecule has 0 spiro atoms. The lowest BCUT2D eigenvalue weighted by atomic mass is 10.2. The topological polar surface area (TPSA) is 103 Å². The van der Waals surface area contributed by atoms with Gasteiger partial charge in [-0.3, -0.25) is 14.9 Å². The molecule has 0 radical (unpaired) electrons. The lowest BCUT2D eigenvalue weighted by Gasteiger charge is -2.16. The first-order valence-electron chi connectivity index (χ1n) is 6.97. The fourth-order valence-electron chi connectivity index (χ4n) is 2.51. The largest absolute Gasteiger partial charge is 0.346 e. The van der Waals surface area contributed by atoms with E-state index in [1.54, 1.807) is 4.57 Å². The number of nitrogens with one attached hydrogen (secondary N) is 1. The first-order valence-corrected chi connectivity index (χ1v) is 6.97. The molecule has 2 aliphatic rings. The number of amides is 1. The van der Waals surface area contributed by atoms with Crippen LogP contribution in [0.2, 0.25) is 0 Å². The van der Waals surface area contributed by atoms with Gasteiger partial charge in [0.25, 0.3) is 11.6 Å². The van der Waals surface area contributed by atoms with E-state index in [9.17, 15) is 14.9 Å². The maximum Gasteiger partial charge on any atom is 0.287 e. The molecule has 0 aliphatic heterocycles. The molecule has 1 heterocycles. The van der Waals surface area contributed by atoms with E-state index in [0.29, 0.717) is 18.2 Å². The summed E-state index contributed by atoms with van der Waals surface area (Å²) in [5.41, 5.74) is 6.02. The van der Waals surface area contributed by atoms with Gasteiger partial charge in [-0.15, -0.1) is 0 Å². The van der Waals surface area contributed by atoms with E-state index in [1.165, 1.54) is 12.3 Å². The molecule has 0 bridgehead atoms. The second kappa shape index (κ2) is 4.90. The van der Waals surface area contributed by atoms with E-state index < -0.39 is 4.92 Å². The molecule has 2 saturated carbocycles. The van der Waals surface area contributed by atoms with Gasteiger partial charge < -0.3 is 15.6 Å². The maximum atomic E-state index is 12.3. The highest BCUT2D eigenvalue weighted by atomic mass is 16.6. The molecule has 7 heteroatoms. The number of rotatable bonds is 6. The van der Waals surface area contributed by atoms with Crippen LogP contribution in [0.3, 0.4) is 0 Å². The third-order valence-corrected chi connectivity index (χ3v) is 3.98. The average Bonchev–Trinajstić information content (AvgIpc) is 3.33. The van der Waals surface area contributed by atoms with Crippen molar-refractivity contribution in [3.63, 3.8) is 0 Å². The summed E-state index contributed by atoms with van der Waals surface area (Å²) in [6.45, 7) is 0.405. The summed E-state index contributed by atoms with van der Waals surface area (Å²) >= 11 is 0. The quantitative estimate of drug-likeness (QED) is 0.602. The number of hydrogen-bond acceptors (Lipinski definition) is 4. The standard InChI is InChI=1S/C13H18N4O3/c14-6-11(8-1-2-8)15-13(18)12-5-10(17(19)20)7-16(12)9-3-4-9/h5,7-9,11H,1-4,6,14H2,(H,15,18). The van der Waals surface area contributed by atoms with E-state index in [4.69, 9.17) is 5.73 Å². The minimum Gasteiger partial charge on any atom is -0.346 e. The van der Waals surface area contributed by atoms with Crippen LogP contribution in [0.1, 0.15) is 42.2 Å². The zero-order valence-corrected chi connectivity index (χ0v) is 11.1. The SMILES string of the molecule is NCC(NC(=O)c1cc([N+](=O)[O-])cn1C1CC1)C1CC1. The summed E-state index contributed by atoms with van der Waals surface area (Å²) in [5, 5.41) is 13.8. The van der Waals surface area contributed by atoms with Crippen LogP contribution in [0.5, 0.6) is 0 Å². The summed E-state index contributed by atoms with van der Waals surface area (Å²) < 4.78 is 1.73. The summed E-state index contributed by atoms with van der Waals surface area (Å²) in [5.74, 6) is 0.204. The molecule has 3 rings (SSSR count). The van der Waals surface area contributed by atoms with Crippen molar-refractivity contribution in [2.75, 3.05) is 6.54 Å². The van der Waals surface area contributed by atoms with Gasteiger partial charge in [0.1, 0.15) is 5.69 Å². The van der Waals surface area contributed by atoms with Gasteiger partial charge in [-0.05, 0) is 31.6 Å². The van der Waals surface area contributed by atoms with E-state index in [-0.39, 0.29) is 23.7 Å². The molecule has 1 aromatic rings. The first kappa shape index (κ1) is 13.1. The van der Waals surface area contributed by atoms with Gasteiger partial charge in [-0.25, -0.2) is 0 Å². The van der Waals surface area contributed by atoms with Crippen molar-refractivity contribution in [3.05, 3.63) is 28.1 Å². The Hall–Kier alpha value is -1.89. The zero-order valence-electron chi connectivity index (χ0n) is 11.1. The number of nitrogens with two attached hydrogens (primary N) is 1. The molecule has 1 aromatic heterocycles. The lowest BCUT2D eigenvalue weighted by Crippen LogP contribution is -2.42. The minimum absolute atomic E-state index is 0.0240. The first-order chi connectivity index (χ1) is 9.60. The minimum atomic E-state index is -0.461. The highest BCUT2D eigenvalue weighted by molar-refractivity contribution is 5.94. The Morgan fingerprint density at radius 1 is 1.50 bits per heavy atom. The van der Waals surface area contributed by atoms with Crippen LogP contribution in [0.4, 0.5) is 5.69 Å². The Bertz CT molecular complexity index is 546. The molecule has 0 aromatic carbocycles. The van der Waals surface area contributed by atoms with Crippen LogP contribution in [0.15, 0.2) is 12.3 Å². The highest BCUT2D eigenvalue weighted by Crippen LogP contribution is 2.38. The zero-order chi connectivity index (χ0) is 14.3. The van der Waals surface area contributed by atoms with Crippen LogP contribution in [0.25, 0.3) is 0 Å². The van der Waals surface area contributed by atoms with Gasteiger partial charge in [0.05, 0.1) is 11.1 Å². The third-order valence-electron chi connectivity index (χ3n) is 3.98. The van der Waals surface area contributed by atoms with Gasteiger partial charge in [-0.1, -0.05) is 0 Å². The molecule has 2 aliphatic carbocycles. The number of carbonyl (C=O) groups is 1. The normalized spacial score (nSPS) is 19.6. The Morgan fingerprint density at radius 3 is 2.70 bits per heavy atom. The van der Waals surface area contributed by atoms with Gasteiger partial charge in [0, 0.05) is 24.7 Å². The van der Waals surface area contributed by atoms with E-state index in [0.717, 1.165) is 25.7 Å². The average molecular weight is 278 g/mol. The summed E-state index contributed by atoms with van der Waals surface area (Å²) in [6.07, 6.45) is 5.57. The predicted molar refractivity (Wildman–Crippen MR) is 72.4 cm³/mol. The monoisotopic (exact) mass is 278 g/mol. The number of hydrogen-bond donors (Lipinski definition) is 2. The van der Waals surface area contributed by atoms with Crippen LogP contribution < -0.4 is 11.1 Å². The highest BCUT2D eigenvalue weighted by Gasteiger charge is 2.34. The lowest BCUT2D eigenvalue weighted by molar-refractivity contribution is -0.384. The fraction of sp³-hybridized carbons (Fsp3) is 0.615. The second-order valence-corrected chi connectivity index (χ2v) is 5.63. The molecule has 7 nitrogen and oxygen atoms in total.